The molecule has 16 heteroatoms. The molecule has 0 saturated heterocycles. The van der Waals surface area contributed by atoms with Crippen molar-refractivity contribution in [1.82, 2.24) is 0 Å². The number of ketones is 1. The Bertz CT molecular complexity index is 1460. The fourth-order valence-electron chi connectivity index (χ4n) is 5.59. The van der Waals surface area contributed by atoms with E-state index in [9.17, 15) is 31.6 Å². The van der Waals surface area contributed by atoms with Crippen molar-refractivity contribution in [2.45, 2.75) is 56.1 Å². The largest absolute Gasteiger partial charge is 0.427 e. The van der Waals surface area contributed by atoms with Gasteiger partial charge in [0.1, 0.15) is 50.7 Å². The number of Topliss-reactive ketones (excluding diaryl/α,β-unsaturated/α-hetero) is 1. The van der Waals surface area contributed by atoms with Gasteiger partial charge in [0.2, 0.25) is 5.78 Å². The summed E-state index contributed by atoms with van der Waals surface area (Å²) in [6.45, 7) is 0. The Hall–Kier alpha value is -2.86. The number of rotatable bonds is 12. The summed E-state index contributed by atoms with van der Waals surface area (Å²) in [5, 5.41) is -5.13. The number of carbonyl (C=O) groups is 3. The second-order valence-corrected chi connectivity index (χ2v) is 12.3. The minimum absolute atomic E-state index is 0.109. The van der Waals surface area contributed by atoms with Crippen LogP contribution in [0.4, 0.5) is 8.78 Å². The minimum atomic E-state index is -6.10. The topological polar surface area (TPSA) is 124 Å². The standard InChI is InChI=1S/C27H35B5F2O8S/c28-9-14-1-4-22(17(5-14)11-30)41-26(37)21-8-16(2-3-20(21)24(35)27(33,34)43(38,39)40)25(36)42-23-18(12-31)6-15(10-29)7-19(23)13-32/h1,4-7,16,20-21H,2-3,8-13,28-32H2,(H,38,39,40). The highest BCUT2D eigenvalue weighted by Crippen LogP contribution is 2.41. The van der Waals surface area contributed by atoms with E-state index in [-0.39, 0.29) is 18.6 Å². The zero-order valence-electron chi connectivity index (χ0n) is 25.2. The molecule has 0 spiro atoms. The summed E-state index contributed by atoms with van der Waals surface area (Å²) in [6, 6.07) is 9.10. The molecule has 0 radical (unpaired) electrons. The summed E-state index contributed by atoms with van der Waals surface area (Å²) in [5.74, 6) is -7.58. The molecule has 2 aromatic rings. The first kappa shape index (κ1) is 34.6. The smallest absolute Gasteiger partial charge is 0.426 e. The average molecular weight is 612 g/mol. The van der Waals surface area contributed by atoms with E-state index in [1.54, 1.807) is 12.1 Å². The van der Waals surface area contributed by atoms with E-state index in [1.807, 2.05) is 57.4 Å². The number of hydrogen-bond acceptors (Lipinski definition) is 7. The van der Waals surface area contributed by atoms with Crippen LogP contribution in [0.2, 0.25) is 0 Å². The van der Waals surface area contributed by atoms with E-state index in [0.717, 1.165) is 34.9 Å². The monoisotopic (exact) mass is 612 g/mol. The lowest BCUT2D eigenvalue weighted by Gasteiger charge is -2.34. The molecule has 0 aromatic heterocycles. The van der Waals surface area contributed by atoms with Crippen molar-refractivity contribution >= 4 is 67.1 Å². The lowest BCUT2D eigenvalue weighted by atomic mass is 9.72. The SMILES string of the molecule is BCc1ccc(OC(=O)C2CC(C(=O)Oc3c(CB)cc(CB)cc3CB)CCC2C(=O)C(F)(F)S(=O)(=O)O)c(CB)c1. The van der Waals surface area contributed by atoms with Gasteiger partial charge in [0.15, 0.2) is 0 Å². The molecule has 3 unspecified atom stereocenters. The van der Waals surface area contributed by atoms with Gasteiger partial charge in [-0.05, 0) is 42.0 Å². The van der Waals surface area contributed by atoms with Crippen LogP contribution in [0.5, 0.6) is 11.5 Å². The van der Waals surface area contributed by atoms with Crippen LogP contribution < -0.4 is 9.47 Å². The Kier molecular flexibility index (Phi) is 11.5. The molecule has 226 valence electrons. The van der Waals surface area contributed by atoms with Crippen LogP contribution in [0.25, 0.3) is 0 Å². The number of carbonyl (C=O) groups excluding carboxylic acids is 3. The molecule has 0 aliphatic heterocycles. The molecule has 1 aliphatic rings. The molecular formula is C27H35B5F2O8S. The van der Waals surface area contributed by atoms with Crippen molar-refractivity contribution < 1.29 is 45.6 Å². The second kappa shape index (κ2) is 14.3. The van der Waals surface area contributed by atoms with E-state index in [1.165, 1.54) is 0 Å². The third-order valence-corrected chi connectivity index (χ3v) is 9.08. The summed E-state index contributed by atoms with van der Waals surface area (Å²) in [7, 11) is 3.59. The van der Waals surface area contributed by atoms with Crippen molar-refractivity contribution in [2.75, 3.05) is 0 Å². The van der Waals surface area contributed by atoms with Crippen LogP contribution in [0.3, 0.4) is 0 Å². The number of hydrogen-bond donors (Lipinski definition) is 1. The first-order chi connectivity index (χ1) is 20.2. The highest BCUT2D eigenvalue weighted by atomic mass is 32.2. The molecule has 1 N–H and O–H groups in total. The van der Waals surface area contributed by atoms with E-state index >= 15 is 0 Å². The zero-order valence-corrected chi connectivity index (χ0v) is 26.1. The van der Waals surface area contributed by atoms with Gasteiger partial charge in [0, 0.05) is 5.92 Å². The molecule has 0 amide bonds. The number of halogens is 2. The van der Waals surface area contributed by atoms with Crippen molar-refractivity contribution in [2.24, 2.45) is 17.8 Å². The van der Waals surface area contributed by atoms with Crippen LogP contribution in [0.15, 0.2) is 30.3 Å². The molecule has 0 bridgehead atoms. The van der Waals surface area contributed by atoms with Gasteiger partial charge in [-0.1, -0.05) is 67.0 Å². The van der Waals surface area contributed by atoms with Gasteiger partial charge in [-0.25, -0.2) is 0 Å². The van der Waals surface area contributed by atoms with Crippen LogP contribution in [-0.2, 0) is 56.1 Å². The molecular weight excluding hydrogens is 576 g/mol. The lowest BCUT2D eigenvalue weighted by Crippen LogP contribution is -2.48. The summed E-state index contributed by atoms with van der Waals surface area (Å²) in [4.78, 5) is 39.8. The third kappa shape index (κ3) is 7.63. The van der Waals surface area contributed by atoms with Gasteiger partial charge in [-0.3, -0.25) is 18.9 Å². The summed E-state index contributed by atoms with van der Waals surface area (Å²) < 4.78 is 72.3. The Morgan fingerprint density at radius 1 is 0.791 bits per heavy atom. The Morgan fingerprint density at radius 2 is 1.35 bits per heavy atom. The van der Waals surface area contributed by atoms with Crippen molar-refractivity contribution in [1.29, 1.82) is 0 Å². The molecule has 8 nitrogen and oxygen atoms in total. The van der Waals surface area contributed by atoms with Crippen LogP contribution in [-0.4, -0.2) is 75.2 Å². The Balaban J connectivity index is 1.96. The predicted molar refractivity (Wildman–Crippen MR) is 171 cm³/mol. The van der Waals surface area contributed by atoms with E-state index in [2.05, 4.69) is 0 Å². The molecule has 1 aliphatic carbocycles. The van der Waals surface area contributed by atoms with E-state index in [4.69, 9.17) is 14.0 Å². The fraction of sp³-hybridized carbons (Fsp3) is 0.444. The predicted octanol–water partition coefficient (Wildman–Crippen LogP) is -1.05. The van der Waals surface area contributed by atoms with Gasteiger partial charge in [0.05, 0.1) is 11.8 Å². The summed E-state index contributed by atoms with van der Waals surface area (Å²) in [6.07, 6.45) is 2.33. The van der Waals surface area contributed by atoms with Gasteiger partial charge < -0.3 is 9.47 Å². The molecule has 1 fully saturated rings. The zero-order chi connectivity index (χ0) is 32.1. The maximum Gasteiger partial charge on any atom is 0.427 e. The molecule has 3 atom stereocenters. The summed E-state index contributed by atoms with van der Waals surface area (Å²) in [5.41, 5.74) is 4.43. The minimum Gasteiger partial charge on any atom is -0.426 e. The number of benzene rings is 2. The molecule has 0 heterocycles. The van der Waals surface area contributed by atoms with Gasteiger partial charge in [0.25, 0.3) is 0 Å². The van der Waals surface area contributed by atoms with Crippen LogP contribution >= 0.6 is 0 Å². The van der Waals surface area contributed by atoms with Crippen LogP contribution in [0.1, 0.15) is 47.1 Å². The van der Waals surface area contributed by atoms with Crippen molar-refractivity contribution in [3.8, 4) is 11.5 Å². The first-order valence-electron chi connectivity index (χ1n) is 14.8. The third-order valence-electron chi connectivity index (χ3n) is 8.23. The van der Waals surface area contributed by atoms with Gasteiger partial charge in [-0.2, -0.15) is 17.2 Å². The van der Waals surface area contributed by atoms with E-state index in [0.29, 0.717) is 30.3 Å². The first-order valence-corrected chi connectivity index (χ1v) is 16.2. The number of ether oxygens (including phenoxy) is 2. The van der Waals surface area contributed by atoms with Crippen molar-refractivity contribution in [3.05, 3.63) is 58.1 Å². The Morgan fingerprint density at radius 3 is 1.86 bits per heavy atom. The Labute approximate surface area is 255 Å². The van der Waals surface area contributed by atoms with Gasteiger partial charge in [-0.15, -0.1) is 0 Å². The molecule has 1 saturated carbocycles. The molecule has 43 heavy (non-hydrogen) atoms. The number of esters is 2. The van der Waals surface area contributed by atoms with E-state index < -0.39 is 57.3 Å². The highest BCUT2D eigenvalue weighted by Gasteiger charge is 2.58. The maximum atomic E-state index is 14.5. The van der Waals surface area contributed by atoms with Crippen molar-refractivity contribution in [3.63, 3.8) is 0 Å². The van der Waals surface area contributed by atoms with Gasteiger partial charge >= 0.3 is 27.3 Å². The average Bonchev–Trinajstić information content (AvgIpc) is 2.99. The summed E-state index contributed by atoms with van der Waals surface area (Å²) >= 11 is 0. The number of alkyl halides is 2. The second-order valence-electron chi connectivity index (χ2n) is 10.9. The normalized spacial score (nSPS) is 19.0. The lowest BCUT2D eigenvalue weighted by molar-refractivity contribution is -0.155. The highest BCUT2D eigenvalue weighted by molar-refractivity contribution is 7.87. The molecule has 2 aromatic carbocycles. The quantitative estimate of drug-likeness (QED) is 0.140. The van der Waals surface area contributed by atoms with Crippen LogP contribution in [0, 0.1) is 17.8 Å². The maximum absolute atomic E-state index is 14.5. The fourth-order valence-corrected chi connectivity index (χ4v) is 5.99. The molecule has 3 rings (SSSR count).